The number of piperidine rings is 1. The summed E-state index contributed by atoms with van der Waals surface area (Å²) in [6, 6.07) is 5.86. The van der Waals surface area contributed by atoms with E-state index in [1.807, 2.05) is 6.07 Å². The molecule has 0 amide bonds. The predicted octanol–water partition coefficient (Wildman–Crippen LogP) is 4.69. The smallest absolute Gasteiger partial charge is 0.247 e. The van der Waals surface area contributed by atoms with Crippen LogP contribution in [0.4, 0.5) is 17.5 Å². The van der Waals surface area contributed by atoms with E-state index in [4.69, 9.17) is 23.2 Å². The number of nitrogens with one attached hydrogen (secondary N) is 1. The van der Waals surface area contributed by atoms with Crippen molar-refractivity contribution in [3.8, 4) is 0 Å². The molecule has 1 aromatic heterocycles. The molecule has 1 aliphatic rings. The van der Waals surface area contributed by atoms with Crippen molar-refractivity contribution < 1.29 is 0 Å². The van der Waals surface area contributed by atoms with E-state index in [1.54, 1.807) is 18.3 Å². The Labute approximate surface area is 146 Å². The van der Waals surface area contributed by atoms with Crippen molar-refractivity contribution in [2.24, 2.45) is 0 Å². The molecule has 5 nitrogen and oxygen atoms in total. The molecular weight excluding hydrogens is 333 g/mol. The van der Waals surface area contributed by atoms with Crippen LogP contribution in [-0.4, -0.2) is 27.8 Å². The van der Waals surface area contributed by atoms with Gasteiger partial charge in [-0.15, -0.1) is 5.10 Å². The molecule has 1 atom stereocenters. The van der Waals surface area contributed by atoms with Crippen LogP contribution in [0.1, 0.15) is 32.6 Å². The van der Waals surface area contributed by atoms with Crippen molar-refractivity contribution >= 4 is 40.7 Å². The van der Waals surface area contributed by atoms with Crippen LogP contribution in [-0.2, 0) is 0 Å². The lowest BCUT2D eigenvalue weighted by atomic mass is 10.0. The zero-order valence-electron chi connectivity index (χ0n) is 13.0. The van der Waals surface area contributed by atoms with Gasteiger partial charge >= 0.3 is 0 Å². The monoisotopic (exact) mass is 351 g/mol. The Kier molecular flexibility index (Phi) is 5.18. The Morgan fingerprint density at radius 3 is 2.91 bits per heavy atom. The van der Waals surface area contributed by atoms with Gasteiger partial charge in [0.15, 0.2) is 5.82 Å². The molecule has 2 aromatic rings. The van der Waals surface area contributed by atoms with Gasteiger partial charge in [-0.1, -0.05) is 30.1 Å². The van der Waals surface area contributed by atoms with Gasteiger partial charge in [0, 0.05) is 18.3 Å². The highest BCUT2D eigenvalue weighted by atomic mass is 35.5. The largest absolute Gasteiger partial charge is 0.339 e. The van der Waals surface area contributed by atoms with Crippen molar-refractivity contribution in [3.05, 3.63) is 34.4 Å². The van der Waals surface area contributed by atoms with Gasteiger partial charge < -0.3 is 10.2 Å². The summed E-state index contributed by atoms with van der Waals surface area (Å²) in [7, 11) is 0. The minimum absolute atomic E-state index is 0.491. The van der Waals surface area contributed by atoms with Crippen LogP contribution in [0, 0.1) is 0 Å². The Bertz CT molecular complexity index is 679. The first-order valence-corrected chi connectivity index (χ1v) is 8.61. The Morgan fingerprint density at radius 1 is 1.26 bits per heavy atom. The van der Waals surface area contributed by atoms with Gasteiger partial charge in [-0.3, -0.25) is 0 Å². The molecular formula is C16H19Cl2N5. The van der Waals surface area contributed by atoms with Crippen LogP contribution in [0.3, 0.4) is 0 Å². The molecule has 3 rings (SSSR count). The summed E-state index contributed by atoms with van der Waals surface area (Å²) < 4.78 is 0. The van der Waals surface area contributed by atoms with Crippen molar-refractivity contribution in [2.45, 2.75) is 38.6 Å². The van der Waals surface area contributed by atoms with E-state index in [2.05, 4.69) is 32.3 Å². The van der Waals surface area contributed by atoms with Crippen LogP contribution < -0.4 is 10.2 Å². The summed E-state index contributed by atoms with van der Waals surface area (Å²) in [6.45, 7) is 3.19. The zero-order chi connectivity index (χ0) is 16.2. The Morgan fingerprint density at radius 2 is 2.13 bits per heavy atom. The van der Waals surface area contributed by atoms with Gasteiger partial charge in [0.1, 0.15) is 0 Å². The summed E-state index contributed by atoms with van der Waals surface area (Å²) in [4.78, 5) is 6.87. The lowest BCUT2D eigenvalue weighted by Gasteiger charge is -2.34. The van der Waals surface area contributed by atoms with Crippen LogP contribution >= 0.6 is 23.2 Å². The van der Waals surface area contributed by atoms with Gasteiger partial charge in [0.25, 0.3) is 0 Å². The number of hydrogen-bond donors (Lipinski definition) is 1. The molecule has 23 heavy (non-hydrogen) atoms. The number of hydrogen-bond acceptors (Lipinski definition) is 5. The van der Waals surface area contributed by atoms with E-state index < -0.39 is 0 Å². The highest BCUT2D eigenvalue weighted by Crippen LogP contribution is 2.27. The lowest BCUT2D eigenvalue weighted by Crippen LogP contribution is -2.40. The molecule has 0 aliphatic carbocycles. The predicted molar refractivity (Wildman–Crippen MR) is 94.8 cm³/mol. The van der Waals surface area contributed by atoms with Gasteiger partial charge in [0.2, 0.25) is 5.95 Å². The van der Waals surface area contributed by atoms with E-state index >= 15 is 0 Å². The van der Waals surface area contributed by atoms with E-state index in [9.17, 15) is 0 Å². The summed E-state index contributed by atoms with van der Waals surface area (Å²) in [5.74, 6) is 1.33. The minimum Gasteiger partial charge on any atom is -0.339 e. The fourth-order valence-corrected chi connectivity index (χ4v) is 3.18. The second-order valence-corrected chi connectivity index (χ2v) is 6.46. The molecule has 0 saturated carbocycles. The van der Waals surface area contributed by atoms with Crippen LogP contribution in [0.2, 0.25) is 10.0 Å². The third-order valence-electron chi connectivity index (χ3n) is 4.09. The molecule has 1 unspecified atom stereocenters. The van der Waals surface area contributed by atoms with Crippen molar-refractivity contribution in [3.63, 3.8) is 0 Å². The summed E-state index contributed by atoms with van der Waals surface area (Å²) in [6.07, 6.45) is 6.32. The van der Waals surface area contributed by atoms with E-state index in [-0.39, 0.29) is 0 Å². The highest BCUT2D eigenvalue weighted by Gasteiger charge is 2.23. The van der Waals surface area contributed by atoms with Gasteiger partial charge in [-0.05, 0) is 43.9 Å². The maximum absolute atomic E-state index is 6.04. The van der Waals surface area contributed by atoms with Crippen LogP contribution in [0.25, 0.3) is 0 Å². The lowest BCUT2D eigenvalue weighted by molar-refractivity contribution is 0.442. The number of anilines is 3. The van der Waals surface area contributed by atoms with E-state index in [1.165, 1.54) is 19.3 Å². The molecule has 0 bridgehead atoms. The molecule has 0 spiro atoms. The number of rotatable bonds is 4. The first-order chi connectivity index (χ1) is 11.2. The maximum Gasteiger partial charge on any atom is 0.247 e. The van der Waals surface area contributed by atoms with Gasteiger partial charge in [-0.2, -0.15) is 10.1 Å². The standard InChI is InChI=1S/C16H19Cl2N5/c1-2-12-5-3-4-8-23(12)16-21-15(10-19-22-16)20-11-6-7-13(17)14(18)9-11/h6-7,9-10,12H,2-5,8H2,1H3,(H,20,21,22). The number of benzene rings is 1. The fourth-order valence-electron chi connectivity index (χ4n) is 2.89. The molecule has 1 aliphatic heterocycles. The van der Waals surface area contributed by atoms with Crippen LogP contribution in [0.15, 0.2) is 24.4 Å². The highest BCUT2D eigenvalue weighted by molar-refractivity contribution is 6.42. The summed E-state index contributed by atoms with van der Waals surface area (Å²) in [5.41, 5.74) is 0.816. The molecule has 1 fully saturated rings. The third-order valence-corrected chi connectivity index (χ3v) is 4.83. The van der Waals surface area contributed by atoms with E-state index in [0.717, 1.165) is 18.7 Å². The average molecular weight is 352 g/mol. The van der Waals surface area contributed by atoms with Gasteiger partial charge in [0.05, 0.1) is 16.2 Å². The topological polar surface area (TPSA) is 53.9 Å². The zero-order valence-corrected chi connectivity index (χ0v) is 14.5. The third kappa shape index (κ3) is 3.85. The molecule has 0 radical (unpaired) electrons. The van der Waals surface area contributed by atoms with Crippen molar-refractivity contribution in [1.82, 2.24) is 15.2 Å². The normalized spacial score (nSPS) is 18.0. The molecule has 1 N–H and O–H groups in total. The quantitative estimate of drug-likeness (QED) is 0.865. The molecule has 1 saturated heterocycles. The van der Waals surface area contributed by atoms with Gasteiger partial charge in [-0.25, -0.2) is 0 Å². The molecule has 122 valence electrons. The summed E-state index contributed by atoms with van der Waals surface area (Å²) in [5, 5.41) is 12.5. The fraction of sp³-hybridized carbons (Fsp3) is 0.438. The van der Waals surface area contributed by atoms with E-state index in [0.29, 0.717) is 27.9 Å². The Hall–Kier alpha value is -1.59. The first-order valence-electron chi connectivity index (χ1n) is 7.86. The van der Waals surface area contributed by atoms with Crippen molar-refractivity contribution in [2.75, 3.05) is 16.8 Å². The SMILES string of the molecule is CCC1CCCCN1c1nncc(Nc2ccc(Cl)c(Cl)c2)n1. The average Bonchev–Trinajstić information content (AvgIpc) is 2.58. The second-order valence-electron chi connectivity index (χ2n) is 5.65. The van der Waals surface area contributed by atoms with Crippen LogP contribution in [0.5, 0.6) is 0 Å². The second kappa shape index (κ2) is 7.32. The minimum atomic E-state index is 0.491. The number of halogens is 2. The molecule has 1 aromatic carbocycles. The van der Waals surface area contributed by atoms with Crippen molar-refractivity contribution in [1.29, 1.82) is 0 Å². The molecule has 7 heteroatoms. The number of nitrogens with zero attached hydrogens (tertiary/aromatic N) is 4. The number of aromatic nitrogens is 3. The first kappa shape index (κ1) is 16.3. The molecule has 2 heterocycles. The summed E-state index contributed by atoms with van der Waals surface area (Å²) >= 11 is 12.0. The maximum atomic E-state index is 6.04. The Balaban J connectivity index is 1.80.